The lowest BCUT2D eigenvalue weighted by atomic mass is 9.99. The van der Waals surface area contributed by atoms with Crippen LogP contribution >= 0.6 is 0 Å². The number of hydrogen-bond acceptors (Lipinski definition) is 10. The molecular formula is C24H30N10O2. The minimum absolute atomic E-state index is 0.0398. The first kappa shape index (κ1) is 22.7. The van der Waals surface area contributed by atoms with Gasteiger partial charge in [0.05, 0.1) is 24.4 Å². The van der Waals surface area contributed by atoms with Crippen LogP contribution in [0, 0.1) is 0 Å². The maximum Gasteiger partial charge on any atom is 0.289 e. The van der Waals surface area contributed by atoms with E-state index in [-0.39, 0.29) is 17.4 Å². The number of anilines is 3. The van der Waals surface area contributed by atoms with Crippen LogP contribution in [-0.2, 0) is 18.2 Å². The number of morpholine rings is 1. The van der Waals surface area contributed by atoms with E-state index >= 15 is 0 Å². The quantitative estimate of drug-likeness (QED) is 0.559. The molecule has 188 valence electrons. The van der Waals surface area contributed by atoms with E-state index in [0.29, 0.717) is 38.1 Å². The van der Waals surface area contributed by atoms with Crippen molar-refractivity contribution in [2.45, 2.75) is 25.3 Å². The minimum Gasteiger partial charge on any atom is -0.378 e. The first-order valence-electron chi connectivity index (χ1n) is 12.3. The number of likely N-dealkylation sites (tertiary alicyclic amines) is 1. The predicted molar refractivity (Wildman–Crippen MR) is 134 cm³/mol. The molecule has 2 fully saturated rings. The van der Waals surface area contributed by atoms with Crippen molar-refractivity contribution in [1.82, 2.24) is 34.4 Å². The van der Waals surface area contributed by atoms with E-state index < -0.39 is 0 Å². The molecule has 1 amide bonds. The molecule has 3 aliphatic rings. The monoisotopic (exact) mass is 490 g/mol. The van der Waals surface area contributed by atoms with Gasteiger partial charge in [-0.05, 0) is 19.8 Å². The second kappa shape index (κ2) is 8.70. The van der Waals surface area contributed by atoms with Crippen LogP contribution in [0.1, 0.15) is 29.5 Å². The van der Waals surface area contributed by atoms with E-state index in [1.807, 2.05) is 11.9 Å². The van der Waals surface area contributed by atoms with E-state index in [1.54, 1.807) is 29.4 Å². The van der Waals surface area contributed by atoms with Crippen LogP contribution in [0.4, 0.5) is 17.7 Å². The summed E-state index contributed by atoms with van der Waals surface area (Å²) in [5.74, 6) is 2.26. The topological polar surface area (TPSA) is 131 Å². The summed E-state index contributed by atoms with van der Waals surface area (Å²) in [6.45, 7) is 7.07. The zero-order valence-corrected chi connectivity index (χ0v) is 20.6. The van der Waals surface area contributed by atoms with Crippen LogP contribution < -0.4 is 15.5 Å². The fourth-order valence-corrected chi connectivity index (χ4v) is 5.42. The van der Waals surface area contributed by atoms with Crippen molar-refractivity contribution >= 4 is 23.6 Å². The van der Waals surface area contributed by atoms with Gasteiger partial charge in [0.1, 0.15) is 5.82 Å². The lowest BCUT2D eigenvalue weighted by Gasteiger charge is -2.37. The van der Waals surface area contributed by atoms with E-state index in [1.165, 1.54) is 0 Å². The number of carbonyl (C=O) groups is 1. The summed E-state index contributed by atoms with van der Waals surface area (Å²) in [6, 6.07) is 0. The van der Waals surface area contributed by atoms with Gasteiger partial charge < -0.3 is 29.7 Å². The average molecular weight is 491 g/mol. The molecule has 3 aromatic rings. The third-order valence-electron chi connectivity index (χ3n) is 7.46. The van der Waals surface area contributed by atoms with Crippen molar-refractivity contribution in [3.63, 3.8) is 0 Å². The van der Waals surface area contributed by atoms with Gasteiger partial charge in [-0.15, -0.1) is 0 Å². The lowest BCUT2D eigenvalue weighted by Crippen LogP contribution is -2.49. The number of hydrogen-bond donors (Lipinski definition) is 1. The molecule has 0 aromatic carbocycles. The van der Waals surface area contributed by atoms with Gasteiger partial charge in [0.25, 0.3) is 5.91 Å². The van der Waals surface area contributed by atoms with Crippen LogP contribution in [0.5, 0.6) is 0 Å². The molecule has 3 aliphatic heterocycles. The third-order valence-corrected chi connectivity index (χ3v) is 7.46. The Bertz CT molecular complexity index is 1290. The standard InChI is InChI=1S/C24H30N10O2/c1-24(4-7-33(15-24)21(35)20-26-5-8-31(20)2)34-6-3-17-18(16-13-27-22(25)28-14-16)29-23(30-19(17)34)32-9-11-36-12-10-32/h5,8,13-14H,3-4,6-7,9-12,15H2,1-2H3,(H2,25,27,28)/t24-/m0/s1. The summed E-state index contributed by atoms with van der Waals surface area (Å²) in [4.78, 5) is 42.3. The fourth-order valence-electron chi connectivity index (χ4n) is 5.42. The van der Waals surface area contributed by atoms with E-state index in [9.17, 15) is 4.79 Å². The number of carbonyl (C=O) groups excluding carboxylic acids is 1. The molecule has 2 saturated heterocycles. The zero-order chi connectivity index (χ0) is 24.9. The van der Waals surface area contributed by atoms with Gasteiger partial charge in [0.15, 0.2) is 5.82 Å². The molecule has 6 heterocycles. The number of amides is 1. The van der Waals surface area contributed by atoms with Crippen LogP contribution in [0.3, 0.4) is 0 Å². The SMILES string of the molecule is Cn1ccnc1C(=O)N1CC[C@](C)(N2CCc3c(-c4cnc(N)nc4)nc(N4CCOCC4)nc32)C1. The van der Waals surface area contributed by atoms with Gasteiger partial charge in [-0.2, -0.15) is 4.98 Å². The summed E-state index contributed by atoms with van der Waals surface area (Å²) in [5.41, 5.74) is 8.23. The Morgan fingerprint density at radius 1 is 1.08 bits per heavy atom. The molecule has 36 heavy (non-hydrogen) atoms. The summed E-state index contributed by atoms with van der Waals surface area (Å²) in [7, 11) is 1.85. The number of nitrogens with two attached hydrogens (primary N) is 1. The number of fused-ring (bicyclic) bond motifs is 1. The molecule has 1 atom stereocenters. The summed E-state index contributed by atoms with van der Waals surface area (Å²) >= 11 is 0. The minimum atomic E-state index is -0.252. The van der Waals surface area contributed by atoms with Crippen molar-refractivity contribution in [2.75, 3.05) is 61.5 Å². The number of imidazole rings is 1. The Balaban J connectivity index is 1.36. The molecule has 0 bridgehead atoms. The first-order valence-corrected chi connectivity index (χ1v) is 12.3. The lowest BCUT2D eigenvalue weighted by molar-refractivity contribution is 0.0769. The fraction of sp³-hybridized carbons (Fsp3) is 0.500. The molecule has 12 heteroatoms. The Morgan fingerprint density at radius 3 is 2.58 bits per heavy atom. The highest BCUT2D eigenvalue weighted by Gasteiger charge is 2.45. The Morgan fingerprint density at radius 2 is 1.86 bits per heavy atom. The van der Waals surface area contributed by atoms with E-state index in [0.717, 1.165) is 55.1 Å². The average Bonchev–Trinajstić information content (AvgIpc) is 3.63. The molecule has 6 rings (SSSR count). The highest BCUT2D eigenvalue weighted by Crippen LogP contribution is 2.41. The van der Waals surface area contributed by atoms with Crippen LogP contribution in [0.2, 0.25) is 0 Å². The Kier molecular flexibility index (Phi) is 5.47. The van der Waals surface area contributed by atoms with Gasteiger partial charge in [0.2, 0.25) is 11.9 Å². The molecule has 0 aliphatic carbocycles. The molecule has 0 unspecified atom stereocenters. The summed E-state index contributed by atoms with van der Waals surface area (Å²) in [6.07, 6.45) is 8.56. The van der Waals surface area contributed by atoms with Gasteiger partial charge in [-0.1, -0.05) is 0 Å². The highest BCUT2D eigenvalue weighted by molar-refractivity contribution is 5.91. The number of aromatic nitrogens is 6. The number of aryl methyl sites for hydroxylation is 1. The number of ether oxygens (including phenoxy) is 1. The highest BCUT2D eigenvalue weighted by atomic mass is 16.5. The van der Waals surface area contributed by atoms with Crippen LogP contribution in [0.25, 0.3) is 11.3 Å². The molecule has 0 saturated carbocycles. The second-order valence-electron chi connectivity index (χ2n) is 9.84. The first-order chi connectivity index (χ1) is 17.4. The van der Waals surface area contributed by atoms with Crippen molar-refractivity contribution in [2.24, 2.45) is 7.05 Å². The van der Waals surface area contributed by atoms with Gasteiger partial charge in [-0.25, -0.2) is 19.9 Å². The van der Waals surface area contributed by atoms with Crippen molar-refractivity contribution < 1.29 is 9.53 Å². The zero-order valence-electron chi connectivity index (χ0n) is 20.6. The molecule has 3 aromatic heterocycles. The molecule has 0 radical (unpaired) electrons. The second-order valence-corrected chi connectivity index (χ2v) is 9.84. The van der Waals surface area contributed by atoms with Crippen molar-refractivity contribution in [1.29, 1.82) is 0 Å². The number of nitrogen functional groups attached to an aromatic ring is 1. The maximum absolute atomic E-state index is 13.2. The van der Waals surface area contributed by atoms with Crippen LogP contribution in [0.15, 0.2) is 24.8 Å². The molecule has 0 spiro atoms. The van der Waals surface area contributed by atoms with Gasteiger partial charge in [-0.3, -0.25) is 4.79 Å². The molecule has 12 nitrogen and oxygen atoms in total. The maximum atomic E-state index is 13.2. The Hall–Kier alpha value is -3.80. The molecule has 2 N–H and O–H groups in total. The van der Waals surface area contributed by atoms with E-state index in [4.69, 9.17) is 20.4 Å². The van der Waals surface area contributed by atoms with Gasteiger partial charge >= 0.3 is 0 Å². The van der Waals surface area contributed by atoms with Gasteiger partial charge in [0, 0.05) is 75.7 Å². The van der Waals surface area contributed by atoms with Crippen molar-refractivity contribution in [3.8, 4) is 11.3 Å². The third kappa shape index (κ3) is 3.81. The van der Waals surface area contributed by atoms with Crippen molar-refractivity contribution in [3.05, 3.63) is 36.2 Å². The number of nitrogens with zero attached hydrogens (tertiary/aromatic N) is 9. The molecular weight excluding hydrogens is 460 g/mol. The smallest absolute Gasteiger partial charge is 0.289 e. The summed E-state index contributed by atoms with van der Waals surface area (Å²) in [5, 5.41) is 0. The summed E-state index contributed by atoms with van der Waals surface area (Å²) < 4.78 is 7.32. The van der Waals surface area contributed by atoms with E-state index in [2.05, 4.69) is 31.7 Å². The Labute approximate surface area is 209 Å². The number of rotatable bonds is 4. The predicted octanol–water partition coefficient (Wildman–Crippen LogP) is 0.753. The largest absolute Gasteiger partial charge is 0.378 e. The van der Waals surface area contributed by atoms with Crippen LogP contribution in [-0.4, -0.2) is 91.8 Å². The normalized spacial score (nSPS) is 21.8.